The Morgan fingerprint density at radius 1 is 1.38 bits per heavy atom. The number of hydrogen-bond acceptors (Lipinski definition) is 6. The molecule has 0 aliphatic heterocycles. The van der Waals surface area contributed by atoms with E-state index in [0.29, 0.717) is 17.5 Å². The number of thioether (sulfide) groups is 1. The smallest absolute Gasteiger partial charge is 0.233 e. The van der Waals surface area contributed by atoms with Crippen molar-refractivity contribution < 1.29 is 9.21 Å². The van der Waals surface area contributed by atoms with Crippen molar-refractivity contribution in [2.75, 3.05) is 7.05 Å². The van der Waals surface area contributed by atoms with Gasteiger partial charge in [-0.15, -0.1) is 10.2 Å². The zero-order valence-corrected chi connectivity index (χ0v) is 14.2. The molecule has 0 aliphatic rings. The second kappa shape index (κ2) is 7.31. The van der Waals surface area contributed by atoms with Gasteiger partial charge in [0.05, 0.1) is 18.1 Å². The second-order valence-electron chi connectivity index (χ2n) is 5.09. The van der Waals surface area contributed by atoms with Crippen LogP contribution in [0.5, 0.6) is 0 Å². The third kappa shape index (κ3) is 3.48. The summed E-state index contributed by atoms with van der Waals surface area (Å²) in [4.78, 5) is 15.9. The summed E-state index contributed by atoms with van der Waals surface area (Å²) in [7, 11) is 1.62. The van der Waals surface area contributed by atoms with Crippen LogP contribution in [-0.2, 0) is 11.3 Å². The number of aromatic nitrogens is 4. The number of pyridine rings is 1. The highest BCUT2D eigenvalue weighted by Gasteiger charge is 2.20. The molecule has 3 aromatic rings. The fourth-order valence-corrected chi connectivity index (χ4v) is 3.11. The van der Waals surface area contributed by atoms with E-state index in [0.717, 1.165) is 11.3 Å². The standard InChI is InChI=1S/C16H17N5O2S/c1-11(15(22)17-2)24-16-20-19-14(12-5-3-7-18-9-12)21(16)10-13-6-4-8-23-13/h3-9,11H,10H2,1-2H3,(H,17,22)/t11-/m0/s1. The summed E-state index contributed by atoms with van der Waals surface area (Å²) in [6.45, 7) is 2.31. The molecule has 0 saturated carbocycles. The minimum absolute atomic E-state index is 0.0597. The van der Waals surface area contributed by atoms with E-state index < -0.39 is 0 Å². The molecule has 3 rings (SSSR count). The molecule has 3 aromatic heterocycles. The first-order valence-electron chi connectivity index (χ1n) is 7.43. The first kappa shape index (κ1) is 16.3. The molecule has 1 N–H and O–H groups in total. The van der Waals surface area contributed by atoms with Gasteiger partial charge in [0.2, 0.25) is 5.91 Å². The Balaban J connectivity index is 1.96. The van der Waals surface area contributed by atoms with Crippen LogP contribution < -0.4 is 5.32 Å². The Kier molecular flexibility index (Phi) is 4.95. The number of furan rings is 1. The summed E-state index contributed by atoms with van der Waals surface area (Å²) in [5.41, 5.74) is 0.857. The molecule has 1 amide bonds. The topological polar surface area (TPSA) is 85.8 Å². The maximum atomic E-state index is 11.8. The highest BCUT2D eigenvalue weighted by molar-refractivity contribution is 8.00. The van der Waals surface area contributed by atoms with Crippen LogP contribution in [0.15, 0.2) is 52.5 Å². The maximum Gasteiger partial charge on any atom is 0.233 e. The van der Waals surface area contributed by atoms with Crippen LogP contribution in [0.1, 0.15) is 12.7 Å². The van der Waals surface area contributed by atoms with Gasteiger partial charge in [-0.1, -0.05) is 11.8 Å². The molecule has 0 aliphatic carbocycles. The average Bonchev–Trinajstić information content (AvgIpc) is 3.26. The van der Waals surface area contributed by atoms with Gasteiger partial charge in [-0.2, -0.15) is 0 Å². The molecular formula is C16H17N5O2S. The van der Waals surface area contributed by atoms with Crippen LogP contribution in [0.4, 0.5) is 0 Å². The monoisotopic (exact) mass is 343 g/mol. The molecule has 0 radical (unpaired) electrons. The molecule has 124 valence electrons. The number of carbonyl (C=O) groups excluding carboxylic acids is 1. The largest absolute Gasteiger partial charge is 0.467 e. The number of nitrogens with zero attached hydrogens (tertiary/aromatic N) is 4. The summed E-state index contributed by atoms with van der Waals surface area (Å²) < 4.78 is 7.38. The molecule has 0 saturated heterocycles. The van der Waals surface area contributed by atoms with E-state index in [1.165, 1.54) is 11.8 Å². The molecular weight excluding hydrogens is 326 g/mol. The highest BCUT2D eigenvalue weighted by atomic mass is 32.2. The zero-order valence-electron chi connectivity index (χ0n) is 13.3. The summed E-state index contributed by atoms with van der Waals surface area (Å²) in [5.74, 6) is 1.41. The first-order valence-corrected chi connectivity index (χ1v) is 8.31. The van der Waals surface area contributed by atoms with Crippen molar-refractivity contribution >= 4 is 17.7 Å². The Labute approximate surface area is 143 Å². The van der Waals surface area contributed by atoms with Gasteiger partial charge in [0.15, 0.2) is 11.0 Å². The van der Waals surface area contributed by atoms with Crippen LogP contribution in [-0.4, -0.2) is 38.0 Å². The lowest BCUT2D eigenvalue weighted by molar-refractivity contribution is -0.119. The summed E-state index contributed by atoms with van der Waals surface area (Å²) in [6.07, 6.45) is 5.07. The predicted molar refractivity (Wildman–Crippen MR) is 90.4 cm³/mol. The minimum atomic E-state index is -0.281. The Hall–Kier alpha value is -2.61. The van der Waals surface area contributed by atoms with Gasteiger partial charge >= 0.3 is 0 Å². The third-order valence-electron chi connectivity index (χ3n) is 3.43. The van der Waals surface area contributed by atoms with Crippen molar-refractivity contribution in [3.63, 3.8) is 0 Å². The van der Waals surface area contributed by atoms with Crippen LogP contribution >= 0.6 is 11.8 Å². The van der Waals surface area contributed by atoms with E-state index in [1.54, 1.807) is 25.7 Å². The van der Waals surface area contributed by atoms with E-state index in [2.05, 4.69) is 20.5 Å². The lowest BCUT2D eigenvalue weighted by Gasteiger charge is -2.11. The van der Waals surface area contributed by atoms with E-state index in [-0.39, 0.29) is 11.2 Å². The quantitative estimate of drug-likeness (QED) is 0.691. The van der Waals surface area contributed by atoms with Gasteiger partial charge in [0, 0.05) is 25.0 Å². The number of hydrogen-bond donors (Lipinski definition) is 1. The van der Waals surface area contributed by atoms with Crippen LogP contribution in [0.2, 0.25) is 0 Å². The van der Waals surface area contributed by atoms with Crippen molar-refractivity contribution in [3.05, 3.63) is 48.7 Å². The number of rotatable bonds is 6. The molecule has 0 aromatic carbocycles. The van der Waals surface area contributed by atoms with Gasteiger partial charge in [0.25, 0.3) is 0 Å². The summed E-state index contributed by atoms with van der Waals surface area (Å²) >= 11 is 1.36. The van der Waals surface area contributed by atoms with Gasteiger partial charge < -0.3 is 9.73 Å². The fraction of sp³-hybridized carbons (Fsp3) is 0.250. The van der Waals surface area contributed by atoms with Crippen LogP contribution in [0.25, 0.3) is 11.4 Å². The van der Waals surface area contributed by atoms with Crippen molar-refractivity contribution in [3.8, 4) is 11.4 Å². The van der Waals surface area contributed by atoms with E-state index in [9.17, 15) is 4.79 Å². The molecule has 7 nitrogen and oxygen atoms in total. The lowest BCUT2D eigenvalue weighted by atomic mass is 10.2. The Morgan fingerprint density at radius 2 is 2.25 bits per heavy atom. The molecule has 8 heteroatoms. The Morgan fingerprint density at radius 3 is 2.92 bits per heavy atom. The maximum absolute atomic E-state index is 11.8. The molecule has 1 atom stereocenters. The van der Waals surface area contributed by atoms with E-state index >= 15 is 0 Å². The van der Waals surface area contributed by atoms with Gasteiger partial charge in [0.1, 0.15) is 5.76 Å². The number of amides is 1. The zero-order chi connectivity index (χ0) is 16.9. The molecule has 3 heterocycles. The number of nitrogens with one attached hydrogen (secondary N) is 1. The second-order valence-corrected chi connectivity index (χ2v) is 6.40. The van der Waals surface area contributed by atoms with Gasteiger partial charge in [-0.25, -0.2) is 0 Å². The van der Waals surface area contributed by atoms with E-state index in [4.69, 9.17) is 4.42 Å². The third-order valence-corrected chi connectivity index (χ3v) is 4.51. The molecule has 0 unspecified atom stereocenters. The van der Waals surface area contributed by atoms with Crippen molar-refractivity contribution in [1.82, 2.24) is 25.1 Å². The van der Waals surface area contributed by atoms with Crippen LogP contribution in [0, 0.1) is 0 Å². The molecule has 24 heavy (non-hydrogen) atoms. The first-order chi connectivity index (χ1) is 11.7. The van der Waals surface area contributed by atoms with Crippen LogP contribution in [0.3, 0.4) is 0 Å². The van der Waals surface area contributed by atoms with Gasteiger partial charge in [-0.05, 0) is 31.2 Å². The normalized spacial score (nSPS) is 12.1. The lowest BCUT2D eigenvalue weighted by Crippen LogP contribution is -2.27. The predicted octanol–water partition coefficient (Wildman–Crippen LogP) is 2.21. The average molecular weight is 343 g/mol. The Bertz CT molecular complexity index is 801. The van der Waals surface area contributed by atoms with Crippen molar-refractivity contribution in [1.29, 1.82) is 0 Å². The van der Waals surface area contributed by atoms with Crippen molar-refractivity contribution in [2.24, 2.45) is 0 Å². The fourth-order valence-electron chi connectivity index (χ4n) is 2.20. The van der Waals surface area contributed by atoms with Gasteiger partial charge in [-0.3, -0.25) is 14.3 Å². The van der Waals surface area contributed by atoms with E-state index in [1.807, 2.05) is 35.8 Å². The summed E-state index contributed by atoms with van der Waals surface area (Å²) in [6, 6.07) is 7.50. The van der Waals surface area contributed by atoms with Crippen molar-refractivity contribution in [2.45, 2.75) is 23.9 Å². The number of carbonyl (C=O) groups is 1. The summed E-state index contributed by atoms with van der Waals surface area (Å²) in [5, 5.41) is 11.6. The highest BCUT2D eigenvalue weighted by Crippen LogP contribution is 2.27. The SMILES string of the molecule is CNC(=O)[C@H](C)Sc1nnc(-c2cccnc2)n1Cc1ccco1. The minimum Gasteiger partial charge on any atom is -0.467 e. The molecule has 0 fully saturated rings. The molecule has 0 bridgehead atoms. The molecule has 0 spiro atoms.